The number of aryl methyl sites for hydroxylation is 2. The molecule has 4 rings (SSSR count). The Bertz CT molecular complexity index is 1150. The van der Waals surface area contributed by atoms with E-state index in [0.717, 1.165) is 33.0 Å². The number of hydrogen-bond donors (Lipinski definition) is 0. The van der Waals surface area contributed by atoms with Crippen molar-refractivity contribution in [3.8, 4) is 5.75 Å². The van der Waals surface area contributed by atoms with Gasteiger partial charge in [0.15, 0.2) is 5.13 Å². The Balaban J connectivity index is 1.69. The maximum absolute atomic E-state index is 13.3. The molecule has 1 aromatic carbocycles. The molecule has 0 saturated carbocycles. The summed E-state index contributed by atoms with van der Waals surface area (Å²) in [4.78, 5) is 24.0. The van der Waals surface area contributed by atoms with Crippen molar-refractivity contribution in [2.24, 2.45) is 0 Å². The molecule has 0 fully saturated rings. The van der Waals surface area contributed by atoms with E-state index >= 15 is 0 Å². The molecule has 0 unspecified atom stereocenters. The maximum atomic E-state index is 13.3. The largest absolute Gasteiger partial charge is 0.497 e. The van der Waals surface area contributed by atoms with Crippen LogP contribution in [0.1, 0.15) is 17.1 Å². The summed E-state index contributed by atoms with van der Waals surface area (Å²) in [7, 11) is 1.62. The van der Waals surface area contributed by atoms with E-state index in [4.69, 9.17) is 9.72 Å². The predicted octanol–water partition coefficient (Wildman–Crippen LogP) is 3.75. The second-order valence-electron chi connectivity index (χ2n) is 6.72. The average molecular weight is 407 g/mol. The number of rotatable bonds is 6. The van der Waals surface area contributed by atoms with Crippen LogP contribution in [-0.4, -0.2) is 32.8 Å². The lowest BCUT2D eigenvalue weighted by molar-refractivity contribution is -0.119. The van der Waals surface area contributed by atoms with Crippen LogP contribution in [0.2, 0.25) is 0 Å². The highest BCUT2D eigenvalue weighted by molar-refractivity contribution is 7.22. The highest BCUT2D eigenvalue weighted by Crippen LogP contribution is 2.32. The van der Waals surface area contributed by atoms with E-state index in [1.54, 1.807) is 22.9 Å². The Labute approximate surface area is 172 Å². The number of methoxy groups -OCH3 is 1. The number of anilines is 1. The molecule has 0 radical (unpaired) electrons. The number of aromatic nitrogens is 4. The van der Waals surface area contributed by atoms with E-state index in [9.17, 15) is 4.79 Å². The molecule has 3 heterocycles. The zero-order chi connectivity index (χ0) is 20.4. The van der Waals surface area contributed by atoms with E-state index in [2.05, 4.69) is 10.1 Å². The minimum absolute atomic E-state index is 0.0899. The zero-order valence-electron chi connectivity index (χ0n) is 16.5. The van der Waals surface area contributed by atoms with Gasteiger partial charge in [0.1, 0.15) is 12.3 Å². The molecule has 0 atom stereocenters. The molecule has 1 amide bonds. The quantitative estimate of drug-likeness (QED) is 0.487. The molecule has 0 bridgehead atoms. The summed E-state index contributed by atoms with van der Waals surface area (Å²) in [5.74, 6) is 0.646. The van der Waals surface area contributed by atoms with Gasteiger partial charge in [-0.3, -0.25) is 19.4 Å². The van der Waals surface area contributed by atoms with Crippen molar-refractivity contribution in [1.82, 2.24) is 19.7 Å². The second kappa shape index (κ2) is 8.00. The number of nitrogens with zero attached hydrogens (tertiary/aromatic N) is 5. The lowest BCUT2D eigenvalue weighted by Crippen LogP contribution is -2.34. The summed E-state index contributed by atoms with van der Waals surface area (Å²) >= 11 is 1.47. The molecule has 0 spiro atoms. The number of benzene rings is 1. The number of amides is 1. The Morgan fingerprint density at radius 3 is 2.76 bits per heavy atom. The van der Waals surface area contributed by atoms with Crippen molar-refractivity contribution in [2.75, 3.05) is 12.0 Å². The van der Waals surface area contributed by atoms with Crippen molar-refractivity contribution in [3.05, 3.63) is 65.7 Å². The first-order valence-electron chi connectivity index (χ1n) is 9.19. The number of carbonyl (C=O) groups excluding carboxylic acids is 1. The molecule has 0 aliphatic rings. The highest BCUT2D eigenvalue weighted by atomic mass is 32.1. The van der Waals surface area contributed by atoms with E-state index in [-0.39, 0.29) is 12.5 Å². The molecule has 148 valence electrons. The van der Waals surface area contributed by atoms with Gasteiger partial charge in [-0.15, -0.1) is 0 Å². The second-order valence-corrected chi connectivity index (χ2v) is 7.72. The van der Waals surface area contributed by atoms with Crippen LogP contribution in [0, 0.1) is 13.8 Å². The molecule has 0 saturated heterocycles. The smallest absolute Gasteiger partial charge is 0.250 e. The molecule has 8 heteroatoms. The molecule has 7 nitrogen and oxygen atoms in total. The van der Waals surface area contributed by atoms with Gasteiger partial charge in [-0.25, -0.2) is 4.98 Å². The molecule has 0 aliphatic carbocycles. The highest BCUT2D eigenvalue weighted by Gasteiger charge is 2.22. The number of hydrogen-bond acceptors (Lipinski definition) is 6. The van der Waals surface area contributed by atoms with Gasteiger partial charge in [0.25, 0.3) is 5.91 Å². The van der Waals surface area contributed by atoms with Crippen LogP contribution >= 0.6 is 11.3 Å². The summed E-state index contributed by atoms with van der Waals surface area (Å²) in [6, 6.07) is 13.4. The normalized spacial score (nSPS) is 11.0. The van der Waals surface area contributed by atoms with Crippen LogP contribution in [0.3, 0.4) is 0 Å². The molecular formula is C21H21N5O2S. The fourth-order valence-electron chi connectivity index (χ4n) is 3.10. The van der Waals surface area contributed by atoms with Crippen LogP contribution in [0.5, 0.6) is 5.75 Å². The molecule has 0 N–H and O–H groups in total. The van der Waals surface area contributed by atoms with E-state index in [0.29, 0.717) is 11.7 Å². The number of carbonyl (C=O) groups is 1. The van der Waals surface area contributed by atoms with E-state index in [1.807, 2.05) is 56.3 Å². The SMILES string of the molecule is COc1ccc2sc(N(Cc3ccccn3)C(=O)Cn3nc(C)cc3C)nc2c1. The van der Waals surface area contributed by atoms with Crippen molar-refractivity contribution in [3.63, 3.8) is 0 Å². The third kappa shape index (κ3) is 4.12. The van der Waals surface area contributed by atoms with Gasteiger partial charge in [0.05, 0.1) is 35.3 Å². The molecule has 0 aliphatic heterocycles. The van der Waals surface area contributed by atoms with Gasteiger partial charge in [0.2, 0.25) is 0 Å². The summed E-state index contributed by atoms with van der Waals surface area (Å²) in [6.07, 6.45) is 1.72. The topological polar surface area (TPSA) is 73.1 Å². The minimum atomic E-state index is -0.0899. The summed E-state index contributed by atoms with van der Waals surface area (Å²) in [5.41, 5.74) is 3.43. The first-order valence-corrected chi connectivity index (χ1v) is 10.0. The zero-order valence-corrected chi connectivity index (χ0v) is 17.3. The summed E-state index contributed by atoms with van der Waals surface area (Å²) < 4.78 is 8.01. The predicted molar refractivity (Wildman–Crippen MR) is 113 cm³/mol. The van der Waals surface area contributed by atoms with E-state index in [1.165, 1.54) is 11.3 Å². The molecule has 3 aromatic heterocycles. The first-order chi connectivity index (χ1) is 14.0. The van der Waals surface area contributed by atoms with Gasteiger partial charge < -0.3 is 4.74 Å². The monoisotopic (exact) mass is 407 g/mol. The van der Waals surface area contributed by atoms with Crippen molar-refractivity contribution >= 4 is 32.6 Å². The van der Waals surface area contributed by atoms with Gasteiger partial charge in [-0.05, 0) is 44.2 Å². The number of fused-ring (bicyclic) bond motifs is 1. The van der Waals surface area contributed by atoms with Crippen molar-refractivity contribution in [2.45, 2.75) is 26.9 Å². The van der Waals surface area contributed by atoms with Crippen LogP contribution in [-0.2, 0) is 17.9 Å². The Hall–Kier alpha value is -3.26. The number of thiazole rings is 1. The Morgan fingerprint density at radius 2 is 2.07 bits per heavy atom. The molecule has 29 heavy (non-hydrogen) atoms. The first kappa shape index (κ1) is 19.1. The van der Waals surface area contributed by atoms with Gasteiger partial charge in [-0.1, -0.05) is 17.4 Å². The van der Waals surface area contributed by atoms with Crippen LogP contribution in [0.25, 0.3) is 10.2 Å². The molecular weight excluding hydrogens is 386 g/mol. The Morgan fingerprint density at radius 1 is 1.21 bits per heavy atom. The van der Waals surface area contributed by atoms with Crippen molar-refractivity contribution in [1.29, 1.82) is 0 Å². The number of ether oxygens (including phenoxy) is 1. The Kier molecular flexibility index (Phi) is 5.26. The van der Waals surface area contributed by atoms with Crippen LogP contribution < -0.4 is 9.64 Å². The van der Waals surface area contributed by atoms with E-state index < -0.39 is 0 Å². The van der Waals surface area contributed by atoms with Crippen LogP contribution in [0.4, 0.5) is 5.13 Å². The van der Waals surface area contributed by atoms with Gasteiger partial charge >= 0.3 is 0 Å². The third-order valence-electron chi connectivity index (χ3n) is 4.55. The minimum Gasteiger partial charge on any atom is -0.497 e. The van der Waals surface area contributed by atoms with Crippen LogP contribution in [0.15, 0.2) is 48.7 Å². The van der Waals surface area contributed by atoms with Crippen molar-refractivity contribution < 1.29 is 9.53 Å². The fraction of sp³-hybridized carbons (Fsp3) is 0.238. The third-order valence-corrected chi connectivity index (χ3v) is 5.61. The lowest BCUT2D eigenvalue weighted by atomic mass is 10.3. The summed E-state index contributed by atoms with van der Waals surface area (Å²) in [5, 5.41) is 5.05. The standard InChI is InChI=1S/C21H21N5O2S/c1-14-10-15(2)26(24-14)13-20(27)25(12-16-6-4-5-9-22-16)21-23-18-11-17(28-3)7-8-19(18)29-21/h4-11H,12-13H2,1-3H3. The number of pyridine rings is 1. The lowest BCUT2D eigenvalue weighted by Gasteiger charge is -2.20. The van der Waals surface area contributed by atoms with Gasteiger partial charge in [0, 0.05) is 18.0 Å². The average Bonchev–Trinajstić information content (AvgIpc) is 3.28. The maximum Gasteiger partial charge on any atom is 0.250 e. The summed E-state index contributed by atoms with van der Waals surface area (Å²) in [6.45, 7) is 4.35. The van der Waals surface area contributed by atoms with Gasteiger partial charge in [-0.2, -0.15) is 5.10 Å². The fourth-order valence-corrected chi connectivity index (χ4v) is 4.06. The molecule has 4 aromatic rings.